The third kappa shape index (κ3) is 3.04. The molecular formula is C13H14ClFN2O2. The Labute approximate surface area is 115 Å². The quantitative estimate of drug-likeness (QED) is 0.789. The van der Waals surface area contributed by atoms with E-state index in [4.69, 9.17) is 11.6 Å². The van der Waals surface area contributed by atoms with E-state index in [1.165, 1.54) is 19.1 Å². The fraction of sp³-hybridized carbons (Fsp3) is 0.385. The molecular weight excluding hydrogens is 271 g/mol. The number of halogens is 2. The Morgan fingerprint density at radius 2 is 1.74 bits per heavy atom. The van der Waals surface area contributed by atoms with Gasteiger partial charge in [0.25, 0.3) is 5.91 Å². The molecule has 1 heterocycles. The third-order valence-corrected chi connectivity index (χ3v) is 3.49. The van der Waals surface area contributed by atoms with Gasteiger partial charge >= 0.3 is 0 Å². The largest absolute Gasteiger partial charge is 0.339 e. The summed E-state index contributed by atoms with van der Waals surface area (Å²) < 4.78 is 12.9. The van der Waals surface area contributed by atoms with Gasteiger partial charge in [-0.25, -0.2) is 4.39 Å². The second-order valence-electron chi connectivity index (χ2n) is 4.42. The Bertz CT molecular complexity index is 513. The van der Waals surface area contributed by atoms with Crippen molar-refractivity contribution in [2.45, 2.75) is 6.92 Å². The maximum absolute atomic E-state index is 12.9. The number of carbonyl (C=O) groups is 2. The van der Waals surface area contributed by atoms with Crippen molar-refractivity contribution in [1.82, 2.24) is 9.80 Å². The van der Waals surface area contributed by atoms with E-state index < -0.39 is 5.82 Å². The first-order valence-corrected chi connectivity index (χ1v) is 6.36. The molecule has 0 aliphatic carbocycles. The van der Waals surface area contributed by atoms with Crippen molar-refractivity contribution in [2.75, 3.05) is 26.2 Å². The van der Waals surface area contributed by atoms with Crippen LogP contribution in [-0.4, -0.2) is 47.8 Å². The second kappa shape index (κ2) is 5.57. The molecule has 2 amide bonds. The smallest absolute Gasteiger partial charge is 0.255 e. The van der Waals surface area contributed by atoms with Crippen LogP contribution in [0.3, 0.4) is 0 Å². The highest BCUT2D eigenvalue weighted by molar-refractivity contribution is 6.33. The summed E-state index contributed by atoms with van der Waals surface area (Å²) in [5, 5.41) is 0.110. The highest BCUT2D eigenvalue weighted by Gasteiger charge is 2.24. The van der Waals surface area contributed by atoms with Crippen molar-refractivity contribution in [3.8, 4) is 0 Å². The van der Waals surface area contributed by atoms with E-state index >= 15 is 0 Å². The number of carbonyl (C=O) groups excluding carboxylic acids is 2. The van der Waals surface area contributed by atoms with Gasteiger partial charge < -0.3 is 9.80 Å². The molecule has 19 heavy (non-hydrogen) atoms. The van der Waals surface area contributed by atoms with Crippen LogP contribution < -0.4 is 0 Å². The highest BCUT2D eigenvalue weighted by Crippen LogP contribution is 2.19. The molecule has 6 heteroatoms. The summed E-state index contributed by atoms with van der Waals surface area (Å²) in [6.45, 7) is 3.46. The average molecular weight is 285 g/mol. The lowest BCUT2D eigenvalue weighted by Crippen LogP contribution is -2.50. The number of piperazine rings is 1. The number of benzene rings is 1. The van der Waals surface area contributed by atoms with Gasteiger partial charge in [-0.3, -0.25) is 9.59 Å². The fourth-order valence-corrected chi connectivity index (χ4v) is 2.31. The number of rotatable bonds is 1. The Morgan fingerprint density at radius 1 is 1.16 bits per heavy atom. The predicted octanol–water partition coefficient (Wildman–Crippen LogP) is 1.78. The molecule has 1 aliphatic heterocycles. The first-order chi connectivity index (χ1) is 8.99. The van der Waals surface area contributed by atoms with Crippen molar-refractivity contribution >= 4 is 23.4 Å². The lowest BCUT2D eigenvalue weighted by Gasteiger charge is -2.34. The normalized spacial score (nSPS) is 15.5. The van der Waals surface area contributed by atoms with Gasteiger partial charge in [0, 0.05) is 33.1 Å². The number of hydrogen-bond acceptors (Lipinski definition) is 2. The first-order valence-electron chi connectivity index (χ1n) is 5.99. The van der Waals surface area contributed by atoms with Crippen LogP contribution in [0.2, 0.25) is 5.02 Å². The van der Waals surface area contributed by atoms with Crippen LogP contribution in [0, 0.1) is 5.82 Å². The monoisotopic (exact) mass is 284 g/mol. The maximum Gasteiger partial charge on any atom is 0.255 e. The minimum atomic E-state index is -0.469. The molecule has 2 rings (SSSR count). The Balaban J connectivity index is 2.07. The maximum atomic E-state index is 12.9. The van der Waals surface area contributed by atoms with Crippen LogP contribution >= 0.6 is 11.6 Å². The zero-order valence-corrected chi connectivity index (χ0v) is 11.3. The van der Waals surface area contributed by atoms with E-state index in [1.54, 1.807) is 9.80 Å². The van der Waals surface area contributed by atoms with Gasteiger partial charge in [-0.1, -0.05) is 11.6 Å². The average Bonchev–Trinajstić information content (AvgIpc) is 2.38. The van der Waals surface area contributed by atoms with Crippen molar-refractivity contribution in [3.05, 3.63) is 34.6 Å². The van der Waals surface area contributed by atoms with Gasteiger partial charge in [-0.05, 0) is 18.2 Å². The van der Waals surface area contributed by atoms with Gasteiger partial charge in [0.15, 0.2) is 0 Å². The molecule has 0 N–H and O–H groups in total. The lowest BCUT2D eigenvalue weighted by molar-refractivity contribution is -0.130. The molecule has 0 bridgehead atoms. The third-order valence-electron chi connectivity index (χ3n) is 3.17. The van der Waals surface area contributed by atoms with Crippen LogP contribution in [-0.2, 0) is 4.79 Å². The van der Waals surface area contributed by atoms with Crippen LogP contribution in [0.1, 0.15) is 17.3 Å². The van der Waals surface area contributed by atoms with Crippen LogP contribution in [0.5, 0.6) is 0 Å². The summed E-state index contributed by atoms with van der Waals surface area (Å²) in [7, 11) is 0. The molecule has 0 atom stereocenters. The number of hydrogen-bond donors (Lipinski definition) is 0. The van der Waals surface area contributed by atoms with Gasteiger partial charge in [0.2, 0.25) is 5.91 Å². The van der Waals surface area contributed by atoms with Gasteiger partial charge in [0.1, 0.15) is 5.82 Å². The molecule has 1 aliphatic rings. The zero-order chi connectivity index (χ0) is 14.0. The topological polar surface area (TPSA) is 40.6 Å². The molecule has 0 aromatic heterocycles. The molecule has 1 fully saturated rings. The predicted molar refractivity (Wildman–Crippen MR) is 69.6 cm³/mol. The fourth-order valence-electron chi connectivity index (χ4n) is 2.06. The second-order valence-corrected chi connectivity index (χ2v) is 4.83. The van der Waals surface area contributed by atoms with Crippen molar-refractivity contribution in [1.29, 1.82) is 0 Å². The van der Waals surface area contributed by atoms with Crippen LogP contribution in [0.4, 0.5) is 4.39 Å². The number of amides is 2. The Kier molecular flexibility index (Phi) is 4.04. The van der Waals surface area contributed by atoms with Crippen LogP contribution in [0.15, 0.2) is 18.2 Å². The molecule has 1 saturated heterocycles. The lowest BCUT2D eigenvalue weighted by atomic mass is 10.1. The van der Waals surface area contributed by atoms with E-state index in [0.29, 0.717) is 31.7 Å². The molecule has 102 valence electrons. The summed E-state index contributed by atoms with van der Waals surface area (Å²) in [5.41, 5.74) is 0.291. The minimum Gasteiger partial charge on any atom is -0.339 e. The molecule has 0 spiro atoms. The first kappa shape index (κ1) is 13.8. The van der Waals surface area contributed by atoms with E-state index in [9.17, 15) is 14.0 Å². The standard InChI is InChI=1S/C13H14ClFN2O2/c1-9(18)16-4-6-17(7-5-16)13(19)11-3-2-10(15)8-12(11)14/h2-3,8H,4-7H2,1H3. The van der Waals surface area contributed by atoms with Gasteiger partial charge in [0.05, 0.1) is 10.6 Å². The SMILES string of the molecule is CC(=O)N1CCN(C(=O)c2ccc(F)cc2Cl)CC1. The molecule has 1 aromatic rings. The summed E-state index contributed by atoms with van der Waals surface area (Å²) in [5.74, 6) is -0.692. The summed E-state index contributed by atoms with van der Waals surface area (Å²) in [6, 6.07) is 3.73. The van der Waals surface area contributed by atoms with Crippen LogP contribution in [0.25, 0.3) is 0 Å². The molecule has 1 aromatic carbocycles. The van der Waals surface area contributed by atoms with E-state index in [0.717, 1.165) is 6.07 Å². The summed E-state index contributed by atoms with van der Waals surface area (Å²) in [6.07, 6.45) is 0. The highest BCUT2D eigenvalue weighted by atomic mass is 35.5. The van der Waals surface area contributed by atoms with E-state index in [2.05, 4.69) is 0 Å². The van der Waals surface area contributed by atoms with Crippen molar-refractivity contribution in [2.24, 2.45) is 0 Å². The van der Waals surface area contributed by atoms with Gasteiger partial charge in [-0.2, -0.15) is 0 Å². The molecule has 0 saturated carbocycles. The summed E-state index contributed by atoms with van der Waals surface area (Å²) >= 11 is 5.87. The van der Waals surface area contributed by atoms with Crippen molar-refractivity contribution < 1.29 is 14.0 Å². The zero-order valence-electron chi connectivity index (χ0n) is 10.5. The van der Waals surface area contributed by atoms with Crippen molar-refractivity contribution in [3.63, 3.8) is 0 Å². The number of nitrogens with zero attached hydrogens (tertiary/aromatic N) is 2. The molecule has 0 radical (unpaired) electrons. The Morgan fingerprint density at radius 3 is 2.26 bits per heavy atom. The van der Waals surface area contributed by atoms with Gasteiger partial charge in [-0.15, -0.1) is 0 Å². The van der Waals surface area contributed by atoms with E-state index in [1.807, 2.05) is 0 Å². The summed E-state index contributed by atoms with van der Waals surface area (Å²) in [4.78, 5) is 26.7. The Hall–Kier alpha value is -1.62. The minimum absolute atomic E-state index is 0.00640. The molecule has 0 unspecified atom stereocenters. The van der Waals surface area contributed by atoms with E-state index in [-0.39, 0.29) is 16.8 Å². The molecule has 4 nitrogen and oxygen atoms in total.